The van der Waals surface area contributed by atoms with Gasteiger partial charge in [-0.3, -0.25) is 4.99 Å². The second-order valence-corrected chi connectivity index (χ2v) is 12.3. The fraction of sp³-hybridized carbons (Fsp3) is 0.214. The zero-order valence-corrected chi connectivity index (χ0v) is 31.8. The average molecular weight is 815 g/mol. The number of halogens is 1. The van der Waals surface area contributed by atoms with Crippen molar-refractivity contribution >= 4 is 51.7 Å². The van der Waals surface area contributed by atoms with Crippen molar-refractivity contribution < 1.29 is 52.3 Å². The van der Waals surface area contributed by atoms with Crippen LogP contribution in [0.15, 0.2) is 120 Å². The van der Waals surface area contributed by atoms with E-state index in [2.05, 4.69) is 34.1 Å². The van der Waals surface area contributed by atoms with Crippen LogP contribution in [0.1, 0.15) is 52.0 Å². The molecule has 286 valence electrons. The van der Waals surface area contributed by atoms with E-state index in [0.717, 1.165) is 12.2 Å². The van der Waals surface area contributed by atoms with Gasteiger partial charge < -0.3 is 33.2 Å². The molecule has 0 fully saturated rings. The van der Waals surface area contributed by atoms with Gasteiger partial charge in [0.15, 0.2) is 11.5 Å². The van der Waals surface area contributed by atoms with Crippen molar-refractivity contribution in [1.29, 1.82) is 0 Å². The largest absolute Gasteiger partial charge is 0.494 e. The van der Waals surface area contributed by atoms with Crippen molar-refractivity contribution in [3.8, 4) is 28.7 Å². The smallest absolute Gasteiger partial charge is 0.343 e. The molecule has 12 nitrogen and oxygen atoms in total. The number of carbonyl (C=O) groups is 4. The predicted octanol–water partition coefficient (Wildman–Crippen LogP) is 8.42. The van der Waals surface area contributed by atoms with Crippen molar-refractivity contribution in [3.63, 3.8) is 0 Å². The molecule has 0 atom stereocenters. The van der Waals surface area contributed by atoms with E-state index in [1.54, 1.807) is 91.1 Å². The predicted molar refractivity (Wildman–Crippen MR) is 209 cm³/mol. The monoisotopic (exact) mass is 813 g/mol. The highest BCUT2D eigenvalue weighted by Gasteiger charge is 2.14. The van der Waals surface area contributed by atoms with Crippen LogP contribution < -0.4 is 23.7 Å². The normalized spacial score (nSPS) is 10.6. The molecule has 0 spiro atoms. The Morgan fingerprint density at radius 2 is 1.13 bits per heavy atom. The summed E-state index contributed by atoms with van der Waals surface area (Å²) in [5, 5.41) is 0. The molecule has 0 saturated heterocycles. The van der Waals surface area contributed by atoms with Gasteiger partial charge in [-0.15, -0.1) is 0 Å². The Hall–Kier alpha value is -6.21. The Morgan fingerprint density at radius 1 is 0.618 bits per heavy atom. The van der Waals surface area contributed by atoms with Gasteiger partial charge in [-0.25, -0.2) is 19.2 Å². The maximum atomic E-state index is 12.9. The maximum Gasteiger partial charge on any atom is 0.343 e. The quantitative estimate of drug-likeness (QED) is 0.0263. The fourth-order valence-corrected chi connectivity index (χ4v) is 5.06. The van der Waals surface area contributed by atoms with E-state index in [4.69, 9.17) is 33.2 Å². The first-order chi connectivity index (χ1) is 26.7. The van der Waals surface area contributed by atoms with Crippen LogP contribution in [0.25, 0.3) is 0 Å². The van der Waals surface area contributed by atoms with Gasteiger partial charge in [-0.05, 0) is 132 Å². The van der Waals surface area contributed by atoms with Crippen LogP contribution >= 0.6 is 15.9 Å². The Morgan fingerprint density at radius 3 is 1.64 bits per heavy atom. The molecular formula is C42H40BrNO11. The number of carbonyl (C=O) groups excluding carboxylic acids is 4. The minimum Gasteiger partial charge on any atom is -0.494 e. The van der Waals surface area contributed by atoms with Gasteiger partial charge in [0.2, 0.25) is 0 Å². The summed E-state index contributed by atoms with van der Waals surface area (Å²) in [5.41, 5.74) is 1.94. The molecule has 0 N–H and O–H groups in total. The Kier molecular flexibility index (Phi) is 16.7. The molecule has 0 aliphatic carbocycles. The van der Waals surface area contributed by atoms with Crippen molar-refractivity contribution in [2.45, 2.75) is 25.7 Å². The van der Waals surface area contributed by atoms with E-state index in [-0.39, 0.29) is 5.75 Å². The molecule has 4 rings (SSSR count). The first kappa shape index (κ1) is 41.5. The summed E-state index contributed by atoms with van der Waals surface area (Å²) >= 11 is 3.49. The van der Waals surface area contributed by atoms with Gasteiger partial charge in [-0.2, -0.15) is 0 Å². The van der Waals surface area contributed by atoms with Crippen LogP contribution in [0.4, 0.5) is 5.69 Å². The second kappa shape index (κ2) is 22.1. The van der Waals surface area contributed by atoms with Crippen molar-refractivity contribution in [3.05, 3.63) is 131 Å². The summed E-state index contributed by atoms with van der Waals surface area (Å²) in [7, 11) is 1.47. The lowest BCUT2D eigenvalue weighted by Gasteiger charge is -2.11. The van der Waals surface area contributed by atoms with Crippen molar-refractivity contribution in [2.24, 2.45) is 4.99 Å². The van der Waals surface area contributed by atoms with Crippen LogP contribution in [-0.4, -0.2) is 63.6 Å². The second-order valence-electron chi connectivity index (χ2n) is 11.5. The minimum atomic E-state index is -0.569. The van der Waals surface area contributed by atoms with Gasteiger partial charge in [-0.1, -0.05) is 13.2 Å². The standard InChI is InChI=1S/C42H40BrNO11/c1-4-39(45)52-24-8-6-22-50-32-15-11-30(12-16-32)41(47)54-34-19-20-36(35(43)27-34)44-28-29-10-21-37(38(26-29)49-3)55-42(48)31-13-17-33(18-14-31)51-23-7-9-25-53-40(46)5-2/h4-5,10-21,26-28H,1-2,6-9,22-25H2,3H3. The average Bonchev–Trinajstić information content (AvgIpc) is 3.20. The van der Waals surface area contributed by atoms with E-state index in [9.17, 15) is 19.2 Å². The Labute approximate surface area is 327 Å². The van der Waals surface area contributed by atoms with E-state index in [0.29, 0.717) is 102 Å². The van der Waals surface area contributed by atoms with Gasteiger partial charge in [0.05, 0.1) is 50.4 Å². The van der Waals surface area contributed by atoms with Gasteiger partial charge in [0, 0.05) is 22.8 Å². The van der Waals surface area contributed by atoms with Gasteiger partial charge in [0.1, 0.15) is 17.2 Å². The number of esters is 4. The molecule has 0 aliphatic rings. The first-order valence-electron chi connectivity index (χ1n) is 17.2. The summed E-state index contributed by atoms with van der Waals surface area (Å²) in [6.07, 6.45) is 6.55. The van der Waals surface area contributed by atoms with Crippen LogP contribution in [0, 0.1) is 0 Å². The number of unbranched alkanes of at least 4 members (excludes halogenated alkanes) is 2. The fourth-order valence-electron chi connectivity index (χ4n) is 4.60. The molecule has 0 amide bonds. The summed E-state index contributed by atoms with van der Waals surface area (Å²) in [6.45, 7) is 8.15. The molecule has 13 heteroatoms. The molecular weight excluding hydrogens is 774 g/mol. The Bertz CT molecular complexity index is 1970. The number of rotatable bonds is 21. The van der Waals surface area contributed by atoms with Crippen molar-refractivity contribution in [2.75, 3.05) is 33.5 Å². The van der Waals surface area contributed by atoms with Crippen LogP contribution in [0.5, 0.6) is 28.7 Å². The molecule has 0 bridgehead atoms. The van der Waals surface area contributed by atoms with Crippen LogP contribution in [-0.2, 0) is 19.1 Å². The molecule has 0 aliphatic heterocycles. The lowest BCUT2D eigenvalue weighted by Crippen LogP contribution is -2.09. The third kappa shape index (κ3) is 13.9. The number of hydrogen-bond acceptors (Lipinski definition) is 12. The van der Waals surface area contributed by atoms with E-state index in [1.165, 1.54) is 7.11 Å². The number of benzene rings is 4. The first-order valence-corrected chi connectivity index (χ1v) is 18.0. The molecule has 0 saturated carbocycles. The number of ether oxygens (including phenoxy) is 7. The van der Waals surface area contributed by atoms with E-state index >= 15 is 0 Å². The summed E-state index contributed by atoms with van der Waals surface area (Å²) in [6, 6.07) is 23.2. The number of methoxy groups -OCH3 is 1. The number of aliphatic imine (C=N–C) groups is 1. The summed E-state index contributed by atoms with van der Waals surface area (Å²) in [5.74, 6) is 0.0713. The SMILES string of the molecule is C=CC(=O)OCCCCOc1ccc(C(=O)Oc2ccc(N=Cc3ccc(OC(=O)c4ccc(OCCCCOC(=O)C=C)cc4)c(OC)c3)c(Br)c2)cc1. The third-order valence-electron chi connectivity index (χ3n) is 7.49. The highest BCUT2D eigenvalue weighted by molar-refractivity contribution is 9.10. The maximum absolute atomic E-state index is 12.9. The Balaban J connectivity index is 1.24. The lowest BCUT2D eigenvalue weighted by molar-refractivity contribution is -0.138. The molecule has 0 aromatic heterocycles. The zero-order chi connectivity index (χ0) is 39.4. The highest BCUT2D eigenvalue weighted by atomic mass is 79.9. The van der Waals surface area contributed by atoms with Gasteiger partial charge in [0.25, 0.3) is 0 Å². The highest BCUT2D eigenvalue weighted by Crippen LogP contribution is 2.32. The molecule has 0 radical (unpaired) electrons. The third-order valence-corrected chi connectivity index (χ3v) is 8.12. The van der Waals surface area contributed by atoms with Crippen LogP contribution in [0.3, 0.4) is 0 Å². The lowest BCUT2D eigenvalue weighted by atomic mass is 10.2. The molecule has 0 unspecified atom stereocenters. The van der Waals surface area contributed by atoms with E-state index < -0.39 is 23.9 Å². The number of hydrogen-bond donors (Lipinski definition) is 0. The number of nitrogens with zero attached hydrogens (tertiary/aromatic N) is 1. The van der Waals surface area contributed by atoms with Gasteiger partial charge >= 0.3 is 23.9 Å². The molecule has 4 aromatic carbocycles. The zero-order valence-electron chi connectivity index (χ0n) is 30.2. The van der Waals surface area contributed by atoms with E-state index in [1.807, 2.05) is 0 Å². The topological polar surface area (TPSA) is 145 Å². The summed E-state index contributed by atoms with van der Waals surface area (Å²) in [4.78, 5) is 52.3. The summed E-state index contributed by atoms with van der Waals surface area (Å²) < 4.78 is 38.5. The minimum absolute atomic E-state index is 0.234. The molecule has 0 heterocycles. The van der Waals surface area contributed by atoms with Crippen LogP contribution in [0.2, 0.25) is 0 Å². The van der Waals surface area contributed by atoms with Crippen molar-refractivity contribution in [1.82, 2.24) is 0 Å². The molecule has 55 heavy (non-hydrogen) atoms. The molecule has 4 aromatic rings.